The van der Waals surface area contributed by atoms with E-state index < -0.39 is 0 Å². The molecule has 56 valence electrons. The third kappa shape index (κ3) is 1.90. The minimum atomic E-state index is 0.450. The van der Waals surface area contributed by atoms with Crippen LogP contribution in [-0.2, 0) is 0 Å². The van der Waals surface area contributed by atoms with Gasteiger partial charge in [-0.3, -0.25) is 0 Å². The number of hydrogen-bond acceptors (Lipinski definition) is 1. The lowest BCUT2D eigenvalue weighted by Crippen LogP contribution is -1.77. The van der Waals surface area contributed by atoms with Crippen LogP contribution in [0.5, 0.6) is 0 Å². The Kier molecular flexibility index (Phi) is 2.55. The molecule has 0 heterocycles. The van der Waals surface area contributed by atoms with Gasteiger partial charge in [-0.25, -0.2) is 0 Å². The number of aliphatic hydroxyl groups excluding tert-OH is 1. The molecule has 0 aliphatic heterocycles. The zero-order valence-electron chi connectivity index (χ0n) is 6.43. The van der Waals surface area contributed by atoms with Crippen LogP contribution in [0.4, 0.5) is 0 Å². The summed E-state index contributed by atoms with van der Waals surface area (Å²) in [6.45, 7) is 2.18. The Labute approximate surface area is 62.1 Å². The van der Waals surface area contributed by atoms with E-state index in [0.29, 0.717) is 5.76 Å². The largest absolute Gasteiger partial charge is 0.508 e. The first-order valence-electron chi connectivity index (χ1n) is 3.91. The lowest BCUT2D eigenvalue weighted by atomic mass is 10.1. The highest BCUT2D eigenvalue weighted by atomic mass is 16.3. The minimum Gasteiger partial charge on any atom is -0.508 e. The van der Waals surface area contributed by atoms with Gasteiger partial charge in [-0.2, -0.15) is 0 Å². The van der Waals surface area contributed by atoms with Gasteiger partial charge in [0.05, 0.1) is 0 Å². The molecule has 1 N–H and O–H groups in total. The van der Waals surface area contributed by atoms with Crippen LogP contribution in [0.1, 0.15) is 32.6 Å². The highest BCUT2D eigenvalue weighted by Crippen LogP contribution is 2.20. The van der Waals surface area contributed by atoms with E-state index in [2.05, 4.69) is 6.92 Å². The summed E-state index contributed by atoms with van der Waals surface area (Å²) in [6, 6.07) is 0. The van der Waals surface area contributed by atoms with E-state index in [4.69, 9.17) is 5.11 Å². The highest BCUT2D eigenvalue weighted by Gasteiger charge is 2.03. The second kappa shape index (κ2) is 3.45. The summed E-state index contributed by atoms with van der Waals surface area (Å²) in [5, 5.41) is 8.98. The van der Waals surface area contributed by atoms with Gasteiger partial charge in [0.25, 0.3) is 0 Å². The number of rotatable bonds is 3. The number of unbranched alkanes of at least 4 members (excludes halogenated alkanes) is 1. The van der Waals surface area contributed by atoms with Gasteiger partial charge in [0.15, 0.2) is 0 Å². The maximum atomic E-state index is 8.98. The summed E-state index contributed by atoms with van der Waals surface area (Å²) >= 11 is 0. The third-order valence-electron chi connectivity index (χ3n) is 1.78. The molecule has 0 unspecified atom stereocenters. The van der Waals surface area contributed by atoms with Gasteiger partial charge >= 0.3 is 0 Å². The van der Waals surface area contributed by atoms with Crippen molar-refractivity contribution in [3.63, 3.8) is 0 Å². The molecule has 0 aromatic carbocycles. The molecule has 0 saturated heterocycles. The first-order chi connectivity index (χ1) is 4.83. The van der Waals surface area contributed by atoms with Gasteiger partial charge in [-0.1, -0.05) is 18.9 Å². The average molecular weight is 138 g/mol. The highest BCUT2D eigenvalue weighted by molar-refractivity contribution is 5.27. The molecule has 0 aromatic heterocycles. The maximum Gasteiger partial charge on any atom is 0.111 e. The van der Waals surface area contributed by atoms with Crippen molar-refractivity contribution in [2.75, 3.05) is 0 Å². The number of allylic oxidation sites excluding steroid dienone is 3. The molecule has 0 aromatic rings. The molecule has 0 amide bonds. The van der Waals surface area contributed by atoms with Gasteiger partial charge in [0, 0.05) is 0 Å². The lowest BCUT2D eigenvalue weighted by molar-refractivity contribution is 0.433. The predicted molar refractivity (Wildman–Crippen MR) is 42.9 cm³/mol. The van der Waals surface area contributed by atoms with E-state index in [1.807, 2.05) is 12.2 Å². The smallest absolute Gasteiger partial charge is 0.111 e. The van der Waals surface area contributed by atoms with Crippen molar-refractivity contribution in [2.45, 2.75) is 32.6 Å². The van der Waals surface area contributed by atoms with Gasteiger partial charge in [0.1, 0.15) is 5.76 Å². The predicted octanol–water partition coefficient (Wildman–Crippen LogP) is 2.95. The molecule has 0 fully saturated rings. The van der Waals surface area contributed by atoms with Crippen LogP contribution < -0.4 is 0 Å². The van der Waals surface area contributed by atoms with Crippen molar-refractivity contribution in [2.24, 2.45) is 0 Å². The van der Waals surface area contributed by atoms with E-state index in [9.17, 15) is 0 Å². The van der Waals surface area contributed by atoms with Crippen LogP contribution in [0.2, 0.25) is 0 Å². The Balaban J connectivity index is 2.27. The minimum absolute atomic E-state index is 0.450. The summed E-state index contributed by atoms with van der Waals surface area (Å²) in [7, 11) is 0. The Hall–Kier alpha value is -0.720. The van der Waals surface area contributed by atoms with Crippen molar-refractivity contribution in [1.82, 2.24) is 0 Å². The topological polar surface area (TPSA) is 20.2 Å². The zero-order valence-corrected chi connectivity index (χ0v) is 6.43. The first kappa shape index (κ1) is 7.39. The second-order valence-corrected chi connectivity index (χ2v) is 2.74. The maximum absolute atomic E-state index is 8.98. The molecule has 0 radical (unpaired) electrons. The lowest BCUT2D eigenvalue weighted by Gasteiger charge is -1.96. The summed E-state index contributed by atoms with van der Waals surface area (Å²) in [4.78, 5) is 0. The SMILES string of the molecule is CCCCC1=CC(O)=CC1. The molecule has 0 atom stereocenters. The van der Waals surface area contributed by atoms with Crippen molar-refractivity contribution in [3.05, 3.63) is 23.5 Å². The molecule has 10 heavy (non-hydrogen) atoms. The molecular weight excluding hydrogens is 124 g/mol. The summed E-state index contributed by atoms with van der Waals surface area (Å²) in [5.74, 6) is 0.450. The fraction of sp³-hybridized carbons (Fsp3) is 0.556. The van der Waals surface area contributed by atoms with E-state index in [1.165, 1.54) is 18.4 Å². The van der Waals surface area contributed by atoms with Crippen molar-refractivity contribution in [3.8, 4) is 0 Å². The Morgan fingerprint density at radius 2 is 2.40 bits per heavy atom. The van der Waals surface area contributed by atoms with E-state index >= 15 is 0 Å². The van der Waals surface area contributed by atoms with Crippen molar-refractivity contribution < 1.29 is 5.11 Å². The Bertz CT molecular complexity index is 166. The van der Waals surface area contributed by atoms with Crippen LogP contribution in [0.3, 0.4) is 0 Å². The zero-order chi connectivity index (χ0) is 7.40. The van der Waals surface area contributed by atoms with Crippen LogP contribution in [0.25, 0.3) is 0 Å². The van der Waals surface area contributed by atoms with Crippen molar-refractivity contribution in [1.29, 1.82) is 0 Å². The van der Waals surface area contributed by atoms with Crippen molar-refractivity contribution >= 4 is 0 Å². The molecule has 1 rings (SSSR count). The van der Waals surface area contributed by atoms with E-state index in [0.717, 1.165) is 12.8 Å². The summed E-state index contributed by atoms with van der Waals surface area (Å²) < 4.78 is 0. The molecule has 0 spiro atoms. The fourth-order valence-electron chi connectivity index (χ4n) is 1.14. The van der Waals surface area contributed by atoms with Crippen LogP contribution >= 0.6 is 0 Å². The first-order valence-corrected chi connectivity index (χ1v) is 3.91. The molecule has 1 nitrogen and oxygen atoms in total. The molecule has 1 heteroatoms. The average Bonchev–Trinajstić information content (AvgIpc) is 2.31. The molecule has 1 aliphatic rings. The van der Waals surface area contributed by atoms with Gasteiger partial charge in [-0.15, -0.1) is 0 Å². The Morgan fingerprint density at radius 1 is 1.60 bits per heavy atom. The van der Waals surface area contributed by atoms with Crippen LogP contribution in [0.15, 0.2) is 23.5 Å². The fourth-order valence-corrected chi connectivity index (χ4v) is 1.14. The normalized spacial score (nSPS) is 16.9. The molecule has 0 saturated carbocycles. The summed E-state index contributed by atoms with van der Waals surface area (Å²) in [6.07, 6.45) is 8.34. The summed E-state index contributed by atoms with van der Waals surface area (Å²) in [5.41, 5.74) is 1.37. The van der Waals surface area contributed by atoms with Gasteiger partial charge < -0.3 is 5.11 Å². The quantitative estimate of drug-likeness (QED) is 0.635. The monoisotopic (exact) mass is 138 g/mol. The van der Waals surface area contributed by atoms with Gasteiger partial charge in [0.2, 0.25) is 0 Å². The molecular formula is C9H14O. The molecule has 1 aliphatic carbocycles. The molecule has 0 bridgehead atoms. The second-order valence-electron chi connectivity index (χ2n) is 2.74. The van der Waals surface area contributed by atoms with Crippen LogP contribution in [-0.4, -0.2) is 5.11 Å². The van der Waals surface area contributed by atoms with E-state index in [-0.39, 0.29) is 0 Å². The van der Waals surface area contributed by atoms with Crippen LogP contribution in [0, 0.1) is 0 Å². The third-order valence-corrected chi connectivity index (χ3v) is 1.78. The van der Waals surface area contributed by atoms with Gasteiger partial charge in [-0.05, 0) is 31.4 Å². The standard InChI is InChI=1S/C9H14O/c1-2-3-4-8-5-6-9(10)7-8/h6-7,10H,2-5H2,1H3. The number of hydrogen-bond donors (Lipinski definition) is 1. The number of aliphatic hydroxyl groups is 1. The van der Waals surface area contributed by atoms with E-state index in [1.54, 1.807) is 0 Å². The Morgan fingerprint density at radius 3 is 2.90 bits per heavy atom.